The Morgan fingerprint density at radius 1 is 1.38 bits per heavy atom. The lowest BCUT2D eigenvalue weighted by atomic mass is 10.1. The van der Waals surface area contributed by atoms with Crippen molar-refractivity contribution in [2.45, 2.75) is 12.3 Å². The van der Waals surface area contributed by atoms with Gasteiger partial charge in [-0.25, -0.2) is 0 Å². The van der Waals surface area contributed by atoms with E-state index >= 15 is 0 Å². The zero-order valence-corrected chi connectivity index (χ0v) is 7.53. The highest BCUT2D eigenvalue weighted by Gasteiger charge is 2.38. The second-order valence-electron chi connectivity index (χ2n) is 3.35. The van der Waals surface area contributed by atoms with Crippen molar-refractivity contribution >= 4 is 0 Å². The summed E-state index contributed by atoms with van der Waals surface area (Å²) in [6, 6.07) is 10.3. The van der Waals surface area contributed by atoms with Crippen molar-refractivity contribution in [1.29, 1.82) is 5.26 Å². The number of hydrogen-bond donors (Lipinski definition) is 0. The van der Waals surface area contributed by atoms with Gasteiger partial charge in [0, 0.05) is 5.92 Å². The van der Waals surface area contributed by atoms with E-state index < -0.39 is 0 Å². The van der Waals surface area contributed by atoms with E-state index in [0.29, 0.717) is 5.92 Å². The third-order valence-electron chi connectivity index (χ3n) is 2.50. The van der Waals surface area contributed by atoms with Crippen molar-refractivity contribution in [2.24, 2.45) is 5.92 Å². The molecule has 0 bridgehead atoms. The van der Waals surface area contributed by atoms with Gasteiger partial charge in [-0.1, -0.05) is 12.1 Å². The molecule has 13 heavy (non-hydrogen) atoms. The molecule has 1 aliphatic rings. The van der Waals surface area contributed by atoms with Crippen LogP contribution >= 0.6 is 0 Å². The average molecular weight is 173 g/mol. The van der Waals surface area contributed by atoms with Gasteiger partial charge in [0.15, 0.2) is 0 Å². The summed E-state index contributed by atoms with van der Waals surface area (Å²) in [6.07, 6.45) is 1.02. The van der Waals surface area contributed by atoms with Gasteiger partial charge in [0.25, 0.3) is 0 Å². The van der Waals surface area contributed by atoms with Gasteiger partial charge >= 0.3 is 0 Å². The molecule has 0 aliphatic heterocycles. The summed E-state index contributed by atoms with van der Waals surface area (Å²) in [5.74, 6) is 1.59. The highest BCUT2D eigenvalue weighted by atomic mass is 16.5. The second kappa shape index (κ2) is 3.10. The molecule has 2 atom stereocenters. The highest BCUT2D eigenvalue weighted by molar-refractivity contribution is 5.34. The van der Waals surface area contributed by atoms with E-state index in [9.17, 15) is 0 Å². The third kappa shape index (κ3) is 1.50. The summed E-state index contributed by atoms with van der Waals surface area (Å²) in [7, 11) is 1.66. The third-order valence-corrected chi connectivity index (χ3v) is 2.50. The number of rotatable bonds is 2. The lowest BCUT2D eigenvalue weighted by Gasteiger charge is -2.00. The van der Waals surface area contributed by atoms with Crippen LogP contribution in [-0.4, -0.2) is 7.11 Å². The lowest BCUT2D eigenvalue weighted by Crippen LogP contribution is -1.84. The lowest BCUT2D eigenvalue weighted by molar-refractivity contribution is 0.414. The smallest absolute Gasteiger partial charge is 0.118 e. The molecule has 2 rings (SSSR count). The summed E-state index contributed by atoms with van der Waals surface area (Å²) < 4.78 is 5.06. The van der Waals surface area contributed by atoms with Crippen LogP contribution in [0.3, 0.4) is 0 Å². The molecule has 0 amide bonds. The zero-order valence-electron chi connectivity index (χ0n) is 7.53. The summed E-state index contributed by atoms with van der Waals surface area (Å²) in [4.78, 5) is 0. The standard InChI is InChI=1S/C11H11NO/c1-13-10-4-2-8(3-5-10)11-6-9(11)7-12/h2-5,9,11H,6H2,1H3/t9-,11+/m1/s1. The maximum Gasteiger partial charge on any atom is 0.118 e. The van der Waals surface area contributed by atoms with Crippen LogP contribution in [0.15, 0.2) is 24.3 Å². The first-order valence-corrected chi connectivity index (χ1v) is 4.38. The van der Waals surface area contributed by atoms with Crippen molar-refractivity contribution in [3.05, 3.63) is 29.8 Å². The fraction of sp³-hybridized carbons (Fsp3) is 0.364. The molecule has 0 unspecified atom stereocenters. The first-order valence-electron chi connectivity index (χ1n) is 4.38. The van der Waals surface area contributed by atoms with E-state index in [2.05, 4.69) is 6.07 Å². The predicted molar refractivity (Wildman–Crippen MR) is 49.5 cm³/mol. The Hall–Kier alpha value is -1.49. The minimum Gasteiger partial charge on any atom is -0.497 e. The first kappa shape index (κ1) is 8.12. The summed E-state index contributed by atoms with van der Waals surface area (Å²) in [5, 5.41) is 8.66. The Bertz CT molecular complexity index is 336. The molecule has 0 saturated heterocycles. The fourth-order valence-electron chi connectivity index (χ4n) is 1.56. The van der Waals surface area contributed by atoms with Crippen LogP contribution in [0.5, 0.6) is 5.75 Å². The van der Waals surface area contributed by atoms with Gasteiger partial charge in [0.2, 0.25) is 0 Å². The van der Waals surface area contributed by atoms with Crippen LogP contribution in [0.4, 0.5) is 0 Å². The monoisotopic (exact) mass is 173 g/mol. The van der Waals surface area contributed by atoms with E-state index in [1.54, 1.807) is 7.11 Å². The van der Waals surface area contributed by atoms with E-state index in [-0.39, 0.29) is 5.92 Å². The highest BCUT2D eigenvalue weighted by Crippen LogP contribution is 2.46. The normalized spacial score (nSPS) is 24.9. The molecule has 0 aromatic heterocycles. The molecule has 0 N–H and O–H groups in total. The number of hydrogen-bond acceptors (Lipinski definition) is 2. The maximum atomic E-state index is 8.66. The minimum atomic E-state index is 0.244. The second-order valence-corrected chi connectivity index (χ2v) is 3.35. The Balaban J connectivity index is 2.12. The SMILES string of the molecule is COc1ccc([C@@H]2C[C@@H]2C#N)cc1. The Kier molecular flexibility index (Phi) is 1.94. The molecule has 1 fully saturated rings. The quantitative estimate of drug-likeness (QED) is 0.687. The number of ether oxygens (including phenoxy) is 1. The maximum absolute atomic E-state index is 8.66. The number of nitrogens with zero attached hydrogens (tertiary/aromatic N) is 1. The molecule has 1 saturated carbocycles. The zero-order chi connectivity index (χ0) is 9.26. The van der Waals surface area contributed by atoms with Gasteiger partial charge in [-0.05, 0) is 24.1 Å². The van der Waals surface area contributed by atoms with Crippen molar-refractivity contribution in [2.75, 3.05) is 7.11 Å². The van der Waals surface area contributed by atoms with Crippen LogP contribution < -0.4 is 4.74 Å². The van der Waals surface area contributed by atoms with E-state index in [1.165, 1.54) is 5.56 Å². The van der Waals surface area contributed by atoms with Crippen molar-refractivity contribution < 1.29 is 4.74 Å². The van der Waals surface area contributed by atoms with Crippen LogP contribution in [0.25, 0.3) is 0 Å². The topological polar surface area (TPSA) is 33.0 Å². The van der Waals surface area contributed by atoms with Gasteiger partial charge in [0.1, 0.15) is 5.75 Å². The molecule has 1 aromatic rings. The molecular weight excluding hydrogens is 162 g/mol. The van der Waals surface area contributed by atoms with E-state index in [0.717, 1.165) is 12.2 Å². The van der Waals surface area contributed by atoms with Crippen LogP contribution in [-0.2, 0) is 0 Å². The van der Waals surface area contributed by atoms with Crippen LogP contribution in [0.2, 0.25) is 0 Å². The van der Waals surface area contributed by atoms with Crippen LogP contribution in [0.1, 0.15) is 17.9 Å². The molecular formula is C11H11NO. The summed E-state index contributed by atoms with van der Waals surface area (Å²) in [5.41, 5.74) is 1.26. The number of nitriles is 1. The van der Waals surface area contributed by atoms with Crippen LogP contribution in [0, 0.1) is 17.2 Å². The molecule has 1 aromatic carbocycles. The van der Waals surface area contributed by atoms with Gasteiger partial charge < -0.3 is 4.74 Å². The Labute approximate surface area is 77.8 Å². The van der Waals surface area contributed by atoms with Gasteiger partial charge in [-0.15, -0.1) is 0 Å². The predicted octanol–water partition coefficient (Wildman–Crippen LogP) is 2.32. The van der Waals surface area contributed by atoms with E-state index in [4.69, 9.17) is 10.00 Å². The van der Waals surface area contributed by atoms with E-state index in [1.807, 2.05) is 24.3 Å². The minimum absolute atomic E-state index is 0.244. The summed E-state index contributed by atoms with van der Waals surface area (Å²) in [6.45, 7) is 0. The Morgan fingerprint density at radius 3 is 2.54 bits per heavy atom. The molecule has 0 heterocycles. The van der Waals surface area contributed by atoms with Crippen molar-refractivity contribution in [1.82, 2.24) is 0 Å². The molecule has 0 spiro atoms. The van der Waals surface area contributed by atoms with Crippen molar-refractivity contribution in [3.63, 3.8) is 0 Å². The average Bonchev–Trinajstić information content (AvgIpc) is 2.97. The molecule has 2 heteroatoms. The molecule has 0 radical (unpaired) electrons. The molecule has 66 valence electrons. The summed E-state index contributed by atoms with van der Waals surface area (Å²) >= 11 is 0. The Morgan fingerprint density at radius 2 is 2.08 bits per heavy atom. The number of benzene rings is 1. The first-order chi connectivity index (χ1) is 6.35. The van der Waals surface area contributed by atoms with Gasteiger partial charge in [0.05, 0.1) is 19.1 Å². The number of methoxy groups -OCH3 is 1. The molecule has 2 nitrogen and oxygen atoms in total. The van der Waals surface area contributed by atoms with Gasteiger partial charge in [-0.2, -0.15) is 5.26 Å². The van der Waals surface area contributed by atoms with Crippen molar-refractivity contribution in [3.8, 4) is 11.8 Å². The fourth-order valence-corrected chi connectivity index (χ4v) is 1.56. The van der Waals surface area contributed by atoms with Gasteiger partial charge in [-0.3, -0.25) is 0 Å². The largest absolute Gasteiger partial charge is 0.497 e. The molecule has 1 aliphatic carbocycles.